The summed E-state index contributed by atoms with van der Waals surface area (Å²) in [4.78, 5) is 8.62. The number of furan rings is 1. The Morgan fingerprint density at radius 1 is 0.761 bits per heavy atom. The summed E-state index contributed by atoms with van der Waals surface area (Å²) in [5, 5.41) is 6.80. The summed E-state index contributed by atoms with van der Waals surface area (Å²) in [7, 11) is 0. The Bertz CT molecular complexity index is 2540. The minimum atomic E-state index is -2.18. The fourth-order valence-electron chi connectivity index (χ4n) is 5.56. The minimum absolute atomic E-state index is 0. The van der Waals surface area contributed by atoms with Crippen molar-refractivity contribution < 1.29 is 35.5 Å². The van der Waals surface area contributed by atoms with E-state index in [1.165, 1.54) is 40.6 Å². The molecule has 0 saturated carbocycles. The van der Waals surface area contributed by atoms with Crippen molar-refractivity contribution in [1.29, 1.82) is 0 Å². The van der Waals surface area contributed by atoms with E-state index in [0.29, 0.717) is 22.5 Å². The third-order valence-electron chi connectivity index (χ3n) is 7.62. The first-order chi connectivity index (χ1) is 25.1. The summed E-state index contributed by atoms with van der Waals surface area (Å²) in [6.45, 7) is -0.560. The van der Waals surface area contributed by atoms with Crippen molar-refractivity contribution in [1.82, 2.24) is 9.97 Å². The second-order valence-corrected chi connectivity index (χ2v) is 11.2. The number of hydrogen-bond acceptors (Lipinski definition) is 3. The van der Waals surface area contributed by atoms with Crippen LogP contribution in [0.15, 0.2) is 120 Å². The molecule has 0 aliphatic rings. The van der Waals surface area contributed by atoms with Crippen LogP contribution in [0.2, 0.25) is 0 Å². The van der Waals surface area contributed by atoms with Crippen molar-refractivity contribution in [2.24, 2.45) is 5.92 Å². The molecule has 3 nitrogen and oxygen atoms in total. The predicted octanol–water partition coefficient (Wildman–Crippen LogP) is 11.1. The largest absolute Gasteiger partial charge is 0.501 e. The Balaban J connectivity index is 0.000000205. The maximum atomic E-state index is 8.49. The van der Waals surface area contributed by atoms with E-state index in [9.17, 15) is 0 Å². The molecule has 0 aliphatic carbocycles. The van der Waals surface area contributed by atoms with E-state index in [1.54, 1.807) is 24.4 Å². The van der Waals surface area contributed by atoms with Crippen LogP contribution in [-0.4, -0.2) is 9.97 Å². The SMILES string of the molecule is [2H]C([2H])([2H])c1c[c-]c(-c2ccc(C([2H])([2H])[2H])cn2)cc1.[2H]C([2H])(c1ccnc(-c2[c-]ccc3c2oc2cc4c(ccc5ccccc54)cc23)c1)C(C)C.[Ir]. The average Bonchev–Trinajstić information content (AvgIpc) is 3.51. The molecule has 0 amide bonds. The monoisotopic (exact) mass is 783 g/mol. The van der Waals surface area contributed by atoms with E-state index in [0.717, 1.165) is 32.9 Å². The van der Waals surface area contributed by atoms with Gasteiger partial charge in [-0.3, -0.25) is 0 Å². The van der Waals surface area contributed by atoms with Gasteiger partial charge in [0.15, 0.2) is 0 Å². The molecule has 0 aliphatic heterocycles. The molecule has 229 valence electrons. The van der Waals surface area contributed by atoms with Crippen LogP contribution in [0.4, 0.5) is 0 Å². The molecule has 0 fully saturated rings. The number of rotatable bonds is 4. The molecule has 0 N–H and O–H groups in total. The minimum Gasteiger partial charge on any atom is -0.501 e. The van der Waals surface area contributed by atoms with Gasteiger partial charge in [0, 0.05) is 48.9 Å². The Morgan fingerprint density at radius 3 is 2.39 bits per heavy atom. The van der Waals surface area contributed by atoms with Gasteiger partial charge in [0.25, 0.3) is 0 Å². The van der Waals surface area contributed by atoms with Crippen molar-refractivity contribution in [3.8, 4) is 22.5 Å². The Kier molecular flexibility index (Phi) is 6.64. The zero-order valence-corrected chi connectivity index (χ0v) is 27.6. The Hall–Kier alpha value is -4.63. The maximum Gasteiger partial charge on any atom is 0.121 e. The summed E-state index contributed by atoms with van der Waals surface area (Å²) in [6.07, 6.45) is 1.52. The van der Waals surface area contributed by atoms with E-state index in [2.05, 4.69) is 70.6 Å². The van der Waals surface area contributed by atoms with Crippen LogP contribution < -0.4 is 0 Å². The van der Waals surface area contributed by atoms with Crippen LogP contribution in [0.3, 0.4) is 0 Å². The van der Waals surface area contributed by atoms with Gasteiger partial charge in [0.1, 0.15) is 5.58 Å². The smallest absolute Gasteiger partial charge is 0.121 e. The number of nitrogens with zero attached hydrogens (tertiary/aromatic N) is 2. The van der Waals surface area contributed by atoms with Gasteiger partial charge in [-0.15, -0.1) is 53.6 Å². The number of aryl methyl sites for hydroxylation is 2. The van der Waals surface area contributed by atoms with Crippen LogP contribution in [0.1, 0.15) is 41.5 Å². The second-order valence-electron chi connectivity index (χ2n) is 11.2. The van der Waals surface area contributed by atoms with E-state index < -0.39 is 20.1 Å². The molecule has 1 radical (unpaired) electrons. The van der Waals surface area contributed by atoms with Crippen LogP contribution in [0, 0.1) is 31.8 Å². The number of aromatic nitrogens is 2. The van der Waals surface area contributed by atoms with Crippen molar-refractivity contribution >= 4 is 43.5 Å². The number of benzene rings is 5. The van der Waals surface area contributed by atoms with Gasteiger partial charge in [-0.2, -0.15) is 0 Å². The maximum absolute atomic E-state index is 8.49. The number of hydrogen-bond donors (Lipinski definition) is 0. The summed E-state index contributed by atoms with van der Waals surface area (Å²) in [5.41, 5.74) is 5.12. The van der Waals surface area contributed by atoms with E-state index >= 15 is 0 Å². The van der Waals surface area contributed by atoms with Crippen LogP contribution in [-0.2, 0) is 26.5 Å². The first kappa shape index (κ1) is 22.8. The predicted molar refractivity (Wildman–Crippen MR) is 187 cm³/mol. The molecule has 0 saturated heterocycles. The second kappa shape index (κ2) is 13.4. The van der Waals surface area contributed by atoms with Crippen molar-refractivity contribution in [3.63, 3.8) is 0 Å². The first-order valence-electron chi connectivity index (χ1n) is 18.8. The molecule has 3 aromatic heterocycles. The molecule has 0 atom stereocenters. The average molecular weight is 783 g/mol. The van der Waals surface area contributed by atoms with Gasteiger partial charge in [0.05, 0.1) is 5.58 Å². The molecular formula is C42H34IrN2O-2. The molecular weight excluding hydrogens is 741 g/mol. The number of pyridine rings is 2. The van der Waals surface area contributed by atoms with E-state index in [4.69, 9.17) is 15.4 Å². The van der Waals surface area contributed by atoms with Gasteiger partial charge < -0.3 is 14.4 Å². The fourth-order valence-corrected chi connectivity index (χ4v) is 5.56. The Labute approximate surface area is 294 Å². The van der Waals surface area contributed by atoms with Gasteiger partial charge in [-0.25, -0.2) is 0 Å². The van der Waals surface area contributed by atoms with Crippen LogP contribution in [0.5, 0.6) is 0 Å². The van der Waals surface area contributed by atoms with E-state index in [1.807, 2.05) is 32.0 Å². The van der Waals surface area contributed by atoms with Crippen LogP contribution in [0.25, 0.3) is 66.0 Å². The van der Waals surface area contributed by atoms with Crippen LogP contribution >= 0.6 is 0 Å². The standard InChI is InChI=1S/C29H22NO.C13H12N.Ir/c1-18(2)14-19-12-13-30-27(15-19)24-9-5-8-23-26-16-21-11-10-20-6-3-4-7-22(20)25(21)17-28(26)31-29(23)24;1-10-3-6-12(7-4-10)13-8-5-11(2)9-14-13;/h3-8,10-13,15-18H,14H2,1-2H3;3-6,8-9H,1-2H3;/q2*-1;/i14D2;1D3,2D3;. The molecule has 8 rings (SSSR count). The molecule has 0 bridgehead atoms. The zero-order valence-electron chi connectivity index (χ0n) is 33.2. The summed E-state index contributed by atoms with van der Waals surface area (Å²) >= 11 is 0. The third kappa shape index (κ3) is 6.37. The Morgan fingerprint density at radius 2 is 1.61 bits per heavy atom. The van der Waals surface area contributed by atoms with Crippen molar-refractivity contribution in [2.75, 3.05) is 0 Å². The quantitative estimate of drug-likeness (QED) is 0.132. The van der Waals surface area contributed by atoms with Gasteiger partial charge in [0.2, 0.25) is 0 Å². The fraction of sp³-hybridized carbons (Fsp3) is 0.143. The molecule has 0 unspecified atom stereocenters. The van der Waals surface area contributed by atoms with Gasteiger partial charge in [-0.05, 0) is 75.8 Å². The molecule has 0 spiro atoms. The van der Waals surface area contributed by atoms with Gasteiger partial charge >= 0.3 is 0 Å². The normalized spacial score (nSPS) is 14.6. The van der Waals surface area contributed by atoms with E-state index in [-0.39, 0.29) is 37.2 Å². The summed E-state index contributed by atoms with van der Waals surface area (Å²) in [6, 6.07) is 38.2. The molecule has 46 heavy (non-hydrogen) atoms. The van der Waals surface area contributed by atoms with Crippen molar-refractivity contribution in [2.45, 2.75) is 33.9 Å². The zero-order chi connectivity index (χ0) is 37.7. The molecule has 8 aromatic rings. The summed E-state index contributed by atoms with van der Waals surface area (Å²) in [5.74, 6) is -0.152. The first-order valence-corrected chi connectivity index (χ1v) is 14.8. The van der Waals surface area contributed by atoms with Crippen molar-refractivity contribution in [3.05, 3.63) is 144 Å². The molecule has 5 aromatic carbocycles. The summed E-state index contributed by atoms with van der Waals surface area (Å²) < 4.78 is 67.0. The topological polar surface area (TPSA) is 38.9 Å². The molecule has 3 heterocycles. The number of fused-ring (bicyclic) bond motifs is 6. The van der Waals surface area contributed by atoms with Gasteiger partial charge in [-0.1, -0.05) is 91.8 Å². The third-order valence-corrected chi connectivity index (χ3v) is 7.62. The molecule has 4 heteroatoms.